The fourth-order valence-corrected chi connectivity index (χ4v) is 5.07. The van der Waals surface area contributed by atoms with Gasteiger partial charge in [-0.05, 0) is 105 Å². The van der Waals surface area contributed by atoms with Crippen molar-refractivity contribution in [3.05, 3.63) is 64.7 Å². The van der Waals surface area contributed by atoms with Crippen LogP contribution in [0.15, 0.2) is 42.5 Å². The minimum atomic E-state index is -4.85. The van der Waals surface area contributed by atoms with E-state index in [4.69, 9.17) is 15.2 Å². The van der Waals surface area contributed by atoms with Crippen LogP contribution in [0.2, 0.25) is 0 Å². The molecule has 0 radical (unpaired) electrons. The van der Waals surface area contributed by atoms with E-state index in [-0.39, 0.29) is 11.4 Å². The Hall–Kier alpha value is -3.72. The summed E-state index contributed by atoms with van der Waals surface area (Å²) in [5.41, 5.74) is 10.8. The molecule has 0 aliphatic carbocycles. The highest BCUT2D eigenvalue weighted by Gasteiger charge is 2.34. The molecule has 0 saturated carbocycles. The number of carbonyl (C=O) groups is 1. The van der Waals surface area contributed by atoms with Crippen LogP contribution >= 0.6 is 0 Å². The maximum atomic E-state index is 12.9. The summed E-state index contributed by atoms with van der Waals surface area (Å²) in [5.74, 6) is -0.787. The van der Waals surface area contributed by atoms with Gasteiger partial charge in [-0.2, -0.15) is 0 Å². The number of nitrogen functional groups attached to an aromatic ring is 1. The van der Waals surface area contributed by atoms with Crippen LogP contribution in [0.4, 0.5) is 18.9 Å². The van der Waals surface area contributed by atoms with Gasteiger partial charge in [0.15, 0.2) is 6.10 Å². The summed E-state index contributed by atoms with van der Waals surface area (Å²) in [6.45, 7) is 9.42. The van der Waals surface area contributed by atoms with E-state index in [1.54, 1.807) is 40.7 Å². The molecule has 0 saturated heterocycles. The Kier molecular flexibility index (Phi) is 7.58. The molecule has 3 N–H and O–H groups in total. The molecule has 0 amide bonds. The molecule has 0 bridgehead atoms. The molecule has 9 heteroatoms. The molecule has 208 valence electrons. The van der Waals surface area contributed by atoms with E-state index in [1.807, 2.05) is 18.2 Å². The van der Waals surface area contributed by atoms with Crippen LogP contribution in [0, 0.1) is 13.8 Å². The molecule has 3 aromatic carbocycles. The van der Waals surface area contributed by atoms with Crippen LogP contribution in [0.3, 0.4) is 0 Å². The Balaban J connectivity index is 2.03. The van der Waals surface area contributed by atoms with Crippen molar-refractivity contribution in [1.29, 1.82) is 0 Å². The fraction of sp³-hybridized carbons (Fsp3) is 0.367. The standard InChI is InChI=1S/C30H32F3NO5/c1-16-23(20-11-12-22-18(14-20)9-7-13-37-22)25(27(28(35)36)39-29(3,4)5)17(2)26(34)24(16)19-8-6-10-21(15-19)38-30(31,32)33/h6,8,10-12,14-15,27H,7,9,13,34H2,1-5H3,(H,35,36). The lowest BCUT2D eigenvalue weighted by Gasteiger charge is -2.30. The number of hydrogen-bond donors (Lipinski definition) is 2. The Morgan fingerprint density at radius 2 is 1.72 bits per heavy atom. The van der Waals surface area contributed by atoms with Gasteiger partial charge in [0.25, 0.3) is 0 Å². The molecule has 1 aliphatic rings. The monoisotopic (exact) mass is 543 g/mol. The van der Waals surface area contributed by atoms with E-state index >= 15 is 0 Å². The number of aliphatic carboxylic acids is 1. The fourth-order valence-electron chi connectivity index (χ4n) is 5.07. The molecule has 6 nitrogen and oxygen atoms in total. The van der Waals surface area contributed by atoms with Crippen molar-refractivity contribution in [3.63, 3.8) is 0 Å². The topological polar surface area (TPSA) is 91.0 Å². The molecule has 39 heavy (non-hydrogen) atoms. The van der Waals surface area contributed by atoms with Crippen LogP contribution < -0.4 is 15.2 Å². The Labute approximate surface area is 225 Å². The number of aryl methyl sites for hydroxylation is 1. The molecule has 1 unspecified atom stereocenters. The SMILES string of the molecule is Cc1c(-c2cccc(OC(F)(F)F)c2)c(N)c(C)c(C(OC(C)(C)C)C(=O)O)c1-c1ccc2c(c1)CCCO2. The quantitative estimate of drug-likeness (QED) is 0.315. The Morgan fingerprint density at radius 3 is 2.36 bits per heavy atom. The maximum Gasteiger partial charge on any atom is 0.573 e. The van der Waals surface area contributed by atoms with Crippen LogP contribution in [-0.2, 0) is 16.0 Å². The first-order valence-electron chi connectivity index (χ1n) is 12.6. The van der Waals surface area contributed by atoms with E-state index in [1.165, 1.54) is 18.2 Å². The third-order valence-electron chi connectivity index (χ3n) is 6.61. The number of carboxylic acids is 1. The number of nitrogens with two attached hydrogens (primary N) is 1. The first-order valence-corrected chi connectivity index (χ1v) is 12.6. The van der Waals surface area contributed by atoms with Crippen molar-refractivity contribution in [3.8, 4) is 33.8 Å². The number of ether oxygens (including phenoxy) is 3. The van der Waals surface area contributed by atoms with Gasteiger partial charge < -0.3 is 25.1 Å². The molecule has 4 rings (SSSR count). The van der Waals surface area contributed by atoms with Gasteiger partial charge >= 0.3 is 12.3 Å². The number of carboxylic acid groups (broad SMARTS) is 1. The third kappa shape index (κ3) is 6.14. The second kappa shape index (κ2) is 10.4. The van der Waals surface area contributed by atoms with E-state index in [0.717, 1.165) is 29.7 Å². The minimum Gasteiger partial charge on any atom is -0.493 e. The minimum absolute atomic E-state index is 0.250. The highest BCUT2D eigenvalue weighted by Crippen LogP contribution is 2.47. The summed E-state index contributed by atoms with van der Waals surface area (Å²) >= 11 is 0. The largest absolute Gasteiger partial charge is 0.573 e. The lowest BCUT2D eigenvalue weighted by atomic mass is 9.82. The van der Waals surface area contributed by atoms with Gasteiger partial charge in [0, 0.05) is 16.8 Å². The van der Waals surface area contributed by atoms with E-state index < -0.39 is 24.0 Å². The number of benzene rings is 3. The maximum absolute atomic E-state index is 12.9. The summed E-state index contributed by atoms with van der Waals surface area (Å²) in [6, 6.07) is 11.3. The average Bonchev–Trinajstić information content (AvgIpc) is 2.83. The van der Waals surface area contributed by atoms with E-state index in [2.05, 4.69) is 4.74 Å². The van der Waals surface area contributed by atoms with Crippen molar-refractivity contribution < 1.29 is 37.3 Å². The van der Waals surface area contributed by atoms with Gasteiger partial charge in [-0.25, -0.2) is 4.79 Å². The molecule has 1 aliphatic heterocycles. The van der Waals surface area contributed by atoms with Gasteiger partial charge in [-0.1, -0.05) is 18.2 Å². The molecule has 0 spiro atoms. The third-order valence-corrected chi connectivity index (χ3v) is 6.61. The van der Waals surface area contributed by atoms with Crippen LogP contribution in [0.25, 0.3) is 22.3 Å². The Morgan fingerprint density at radius 1 is 1.03 bits per heavy atom. The number of fused-ring (bicyclic) bond motifs is 1. The summed E-state index contributed by atoms with van der Waals surface area (Å²) in [4.78, 5) is 12.6. The van der Waals surface area contributed by atoms with Crippen molar-refractivity contribution >= 4 is 11.7 Å². The number of alkyl halides is 3. The van der Waals surface area contributed by atoms with Crippen molar-refractivity contribution in [1.82, 2.24) is 0 Å². The summed E-state index contributed by atoms with van der Waals surface area (Å²) < 4.78 is 54.8. The van der Waals surface area contributed by atoms with Crippen molar-refractivity contribution in [2.45, 2.75) is 65.5 Å². The zero-order chi connectivity index (χ0) is 28.7. The average molecular weight is 544 g/mol. The number of halogens is 3. The van der Waals surface area contributed by atoms with Crippen LogP contribution in [0.1, 0.15) is 55.5 Å². The van der Waals surface area contributed by atoms with Crippen LogP contribution in [-0.4, -0.2) is 29.6 Å². The van der Waals surface area contributed by atoms with Gasteiger partial charge in [0.1, 0.15) is 11.5 Å². The van der Waals surface area contributed by atoms with Gasteiger partial charge in [-0.15, -0.1) is 13.2 Å². The molecular weight excluding hydrogens is 511 g/mol. The number of anilines is 1. The number of hydrogen-bond acceptors (Lipinski definition) is 5. The smallest absolute Gasteiger partial charge is 0.493 e. The molecular formula is C30H32F3NO5. The molecule has 0 aromatic heterocycles. The van der Waals surface area contributed by atoms with Crippen molar-refractivity contribution in [2.24, 2.45) is 0 Å². The normalized spacial score (nSPS) is 14.4. The highest BCUT2D eigenvalue weighted by molar-refractivity contribution is 5.93. The predicted octanol–water partition coefficient (Wildman–Crippen LogP) is 7.38. The second-order valence-electron chi connectivity index (χ2n) is 10.6. The molecule has 3 aromatic rings. The molecule has 1 heterocycles. The van der Waals surface area contributed by atoms with Gasteiger partial charge in [0.05, 0.1) is 12.2 Å². The van der Waals surface area contributed by atoms with E-state index in [0.29, 0.717) is 40.0 Å². The summed E-state index contributed by atoms with van der Waals surface area (Å²) in [7, 11) is 0. The predicted molar refractivity (Wildman–Crippen MR) is 143 cm³/mol. The summed E-state index contributed by atoms with van der Waals surface area (Å²) in [6.07, 6.45) is -4.54. The zero-order valence-corrected chi connectivity index (χ0v) is 22.5. The second-order valence-corrected chi connectivity index (χ2v) is 10.6. The summed E-state index contributed by atoms with van der Waals surface area (Å²) in [5, 5.41) is 10.3. The highest BCUT2D eigenvalue weighted by atomic mass is 19.4. The lowest BCUT2D eigenvalue weighted by Crippen LogP contribution is -2.28. The lowest BCUT2D eigenvalue weighted by molar-refractivity contribution is -0.274. The first kappa shape index (κ1) is 28.3. The number of rotatable bonds is 6. The molecule has 1 atom stereocenters. The van der Waals surface area contributed by atoms with Gasteiger partial charge in [0.2, 0.25) is 0 Å². The zero-order valence-electron chi connectivity index (χ0n) is 22.5. The van der Waals surface area contributed by atoms with Gasteiger partial charge in [-0.3, -0.25) is 0 Å². The first-order chi connectivity index (χ1) is 18.2. The van der Waals surface area contributed by atoms with Crippen LogP contribution in [0.5, 0.6) is 11.5 Å². The molecule has 0 fully saturated rings. The van der Waals surface area contributed by atoms with E-state index in [9.17, 15) is 23.1 Å². The van der Waals surface area contributed by atoms with Crippen molar-refractivity contribution in [2.75, 3.05) is 12.3 Å². The Bertz CT molecular complexity index is 1410.